The van der Waals surface area contributed by atoms with Crippen LogP contribution in [0, 0.1) is 0 Å². The molecule has 82 valence electrons. The summed E-state index contributed by atoms with van der Waals surface area (Å²) >= 11 is 0. The zero-order chi connectivity index (χ0) is 11.6. The third-order valence-corrected chi connectivity index (χ3v) is 1.78. The van der Waals surface area contributed by atoms with Crippen LogP contribution in [0.2, 0.25) is 0 Å². The van der Waals surface area contributed by atoms with E-state index < -0.39 is 41.5 Å². The maximum absolute atomic E-state index is 12.5. The molecule has 0 spiro atoms. The van der Waals surface area contributed by atoms with E-state index in [1.54, 1.807) is 0 Å². The molecule has 0 saturated heterocycles. The number of halogens is 2. The van der Waals surface area contributed by atoms with Crippen LogP contribution in [0.15, 0.2) is 6.20 Å². The number of aliphatic carboxylic acids is 1. The Morgan fingerprint density at radius 1 is 1.60 bits per heavy atom. The van der Waals surface area contributed by atoms with Crippen LogP contribution in [0.5, 0.6) is 5.75 Å². The number of hydrogen-bond acceptors (Lipinski definition) is 4. The van der Waals surface area contributed by atoms with Gasteiger partial charge in [0.25, 0.3) is 6.43 Å². The van der Waals surface area contributed by atoms with E-state index in [4.69, 9.17) is 10.8 Å². The number of pyridine rings is 1. The smallest absolute Gasteiger partial charge is 0.307 e. The number of anilines is 1. The van der Waals surface area contributed by atoms with Crippen LogP contribution in [0.25, 0.3) is 0 Å². The monoisotopic (exact) mass is 218 g/mol. The van der Waals surface area contributed by atoms with Gasteiger partial charge in [0.05, 0.1) is 18.2 Å². The number of carboxylic acids is 1. The number of carbonyl (C=O) groups is 1. The molecule has 1 aromatic heterocycles. The molecule has 15 heavy (non-hydrogen) atoms. The van der Waals surface area contributed by atoms with Gasteiger partial charge in [-0.2, -0.15) is 0 Å². The average molecular weight is 218 g/mol. The molecule has 0 aliphatic carbocycles. The predicted molar refractivity (Wildman–Crippen MR) is 46.6 cm³/mol. The third kappa shape index (κ3) is 2.30. The second-order valence-corrected chi connectivity index (χ2v) is 2.79. The number of nitrogens with two attached hydrogens (primary N) is 1. The van der Waals surface area contributed by atoms with Crippen LogP contribution >= 0.6 is 0 Å². The molecule has 0 atom stereocenters. The lowest BCUT2D eigenvalue weighted by atomic mass is 10.1. The summed E-state index contributed by atoms with van der Waals surface area (Å²) in [6.45, 7) is 0. The Hall–Kier alpha value is -1.92. The molecule has 1 heterocycles. The second kappa shape index (κ2) is 4.07. The van der Waals surface area contributed by atoms with E-state index in [9.17, 15) is 18.7 Å². The van der Waals surface area contributed by atoms with Crippen LogP contribution in [-0.2, 0) is 11.2 Å². The number of carboxylic acid groups (broad SMARTS) is 1. The van der Waals surface area contributed by atoms with Crippen LogP contribution in [-0.4, -0.2) is 21.2 Å². The van der Waals surface area contributed by atoms with Crippen LogP contribution in [0.3, 0.4) is 0 Å². The van der Waals surface area contributed by atoms with Crippen LogP contribution in [0.1, 0.15) is 17.6 Å². The topological polar surface area (TPSA) is 96.4 Å². The highest BCUT2D eigenvalue weighted by Crippen LogP contribution is 2.32. The highest BCUT2D eigenvalue weighted by Gasteiger charge is 2.22. The fourth-order valence-electron chi connectivity index (χ4n) is 1.15. The molecule has 0 bridgehead atoms. The van der Waals surface area contributed by atoms with Crippen molar-refractivity contribution in [2.75, 3.05) is 5.73 Å². The van der Waals surface area contributed by atoms with Gasteiger partial charge in [0.15, 0.2) is 0 Å². The standard InChI is InChI=1S/C8H8F2N2O3/c9-7(10)6-3(1-5(14)15)4(13)2-12-8(6)11/h2,7,13H,1H2,(H2,11,12)(H,14,15). The van der Waals surface area contributed by atoms with Crippen LogP contribution < -0.4 is 5.73 Å². The summed E-state index contributed by atoms with van der Waals surface area (Å²) < 4.78 is 25.0. The molecule has 4 N–H and O–H groups in total. The molecule has 0 radical (unpaired) electrons. The van der Waals surface area contributed by atoms with Gasteiger partial charge in [-0.1, -0.05) is 0 Å². The summed E-state index contributed by atoms with van der Waals surface area (Å²) in [5.41, 5.74) is 4.05. The largest absolute Gasteiger partial charge is 0.506 e. The SMILES string of the molecule is Nc1ncc(O)c(CC(=O)O)c1C(F)F. The third-order valence-electron chi connectivity index (χ3n) is 1.78. The van der Waals surface area contributed by atoms with Crippen molar-refractivity contribution in [3.05, 3.63) is 17.3 Å². The Labute approximate surface area is 83.2 Å². The van der Waals surface area contributed by atoms with Gasteiger partial charge in [0.2, 0.25) is 0 Å². The molecule has 1 aromatic rings. The number of alkyl halides is 2. The van der Waals surface area contributed by atoms with Crippen molar-refractivity contribution in [2.45, 2.75) is 12.8 Å². The first kappa shape index (κ1) is 11.2. The molecular formula is C8H8F2N2O3. The van der Waals surface area contributed by atoms with Crippen molar-refractivity contribution in [1.29, 1.82) is 0 Å². The molecule has 0 fully saturated rings. The van der Waals surface area contributed by atoms with E-state index in [1.165, 1.54) is 0 Å². The summed E-state index contributed by atoms with van der Waals surface area (Å²) in [4.78, 5) is 13.7. The van der Waals surface area contributed by atoms with Crippen molar-refractivity contribution in [2.24, 2.45) is 0 Å². The average Bonchev–Trinajstić information content (AvgIpc) is 2.10. The maximum atomic E-state index is 12.5. The minimum atomic E-state index is -2.97. The van der Waals surface area contributed by atoms with E-state index in [1.807, 2.05) is 0 Å². The highest BCUT2D eigenvalue weighted by molar-refractivity contribution is 5.73. The molecule has 0 aliphatic heterocycles. The van der Waals surface area contributed by atoms with Crippen LogP contribution in [0.4, 0.5) is 14.6 Å². The van der Waals surface area contributed by atoms with Crippen molar-refractivity contribution in [1.82, 2.24) is 4.98 Å². The number of nitrogen functional groups attached to an aromatic ring is 1. The number of hydrogen-bond donors (Lipinski definition) is 3. The minimum absolute atomic E-state index is 0.398. The Morgan fingerprint density at radius 2 is 2.20 bits per heavy atom. The first-order valence-electron chi connectivity index (χ1n) is 3.89. The number of nitrogens with zero attached hydrogens (tertiary/aromatic N) is 1. The maximum Gasteiger partial charge on any atom is 0.307 e. The zero-order valence-corrected chi connectivity index (χ0v) is 7.44. The van der Waals surface area contributed by atoms with Crippen molar-refractivity contribution in [3.8, 4) is 5.75 Å². The van der Waals surface area contributed by atoms with Gasteiger partial charge in [-0.25, -0.2) is 13.8 Å². The van der Waals surface area contributed by atoms with Gasteiger partial charge in [-0.05, 0) is 0 Å². The molecule has 0 saturated carbocycles. The first-order chi connectivity index (χ1) is 6.93. The van der Waals surface area contributed by atoms with Gasteiger partial charge in [0.1, 0.15) is 11.6 Å². The van der Waals surface area contributed by atoms with Gasteiger partial charge in [0, 0.05) is 5.56 Å². The molecule has 7 heteroatoms. The van der Waals surface area contributed by atoms with Gasteiger partial charge in [-0.15, -0.1) is 0 Å². The Bertz CT molecular complexity index is 396. The van der Waals surface area contributed by atoms with Crippen molar-refractivity contribution >= 4 is 11.8 Å². The molecule has 0 aliphatic rings. The van der Waals surface area contributed by atoms with Crippen molar-refractivity contribution < 1.29 is 23.8 Å². The predicted octanol–water partition coefficient (Wildman–Crippen LogP) is 0.934. The fourth-order valence-corrected chi connectivity index (χ4v) is 1.15. The Kier molecular flexibility index (Phi) is 3.03. The minimum Gasteiger partial charge on any atom is -0.506 e. The number of aromatic hydroxyl groups is 1. The summed E-state index contributed by atoms with van der Waals surface area (Å²) in [6.07, 6.45) is -2.85. The normalized spacial score (nSPS) is 10.6. The van der Waals surface area contributed by atoms with Gasteiger partial charge in [-0.3, -0.25) is 4.79 Å². The molecule has 0 unspecified atom stereocenters. The fraction of sp³-hybridized carbons (Fsp3) is 0.250. The summed E-state index contributed by atoms with van der Waals surface area (Å²) in [5, 5.41) is 17.7. The Morgan fingerprint density at radius 3 is 2.67 bits per heavy atom. The summed E-state index contributed by atoms with van der Waals surface area (Å²) in [7, 11) is 0. The Balaban J connectivity index is 3.31. The number of rotatable bonds is 3. The second-order valence-electron chi connectivity index (χ2n) is 2.79. The lowest BCUT2D eigenvalue weighted by molar-refractivity contribution is -0.136. The summed E-state index contributed by atoms with van der Waals surface area (Å²) in [5.74, 6) is -2.40. The summed E-state index contributed by atoms with van der Waals surface area (Å²) in [6, 6.07) is 0. The van der Waals surface area contributed by atoms with E-state index in [0.717, 1.165) is 6.20 Å². The van der Waals surface area contributed by atoms with Crippen molar-refractivity contribution in [3.63, 3.8) is 0 Å². The highest BCUT2D eigenvalue weighted by atomic mass is 19.3. The van der Waals surface area contributed by atoms with E-state index in [2.05, 4.69) is 4.98 Å². The molecule has 0 amide bonds. The number of aromatic nitrogens is 1. The molecule has 1 rings (SSSR count). The van der Waals surface area contributed by atoms with E-state index in [-0.39, 0.29) is 0 Å². The van der Waals surface area contributed by atoms with Gasteiger partial charge < -0.3 is 15.9 Å². The quantitative estimate of drug-likeness (QED) is 0.701. The molecule has 0 aromatic carbocycles. The molecule has 5 nitrogen and oxygen atoms in total. The lowest BCUT2D eigenvalue weighted by Gasteiger charge is -2.10. The molecular weight excluding hydrogens is 210 g/mol. The lowest BCUT2D eigenvalue weighted by Crippen LogP contribution is -2.08. The zero-order valence-electron chi connectivity index (χ0n) is 7.44. The van der Waals surface area contributed by atoms with Gasteiger partial charge >= 0.3 is 5.97 Å². The van der Waals surface area contributed by atoms with E-state index >= 15 is 0 Å². The van der Waals surface area contributed by atoms with E-state index in [0.29, 0.717) is 0 Å². The first-order valence-corrected chi connectivity index (χ1v) is 3.89.